The first kappa shape index (κ1) is 18.8. The molecule has 0 saturated carbocycles. The van der Waals surface area contributed by atoms with Gasteiger partial charge in [0.15, 0.2) is 0 Å². The Hall–Kier alpha value is -1.50. The molecule has 1 nitrogen and oxygen atoms in total. The Kier molecular flexibility index (Phi) is 6.71. The maximum Gasteiger partial charge on any atom is 0.0488 e. The van der Waals surface area contributed by atoms with E-state index in [1.165, 1.54) is 48.1 Å². The highest BCUT2D eigenvalue weighted by Gasteiger charge is 2.20. The summed E-state index contributed by atoms with van der Waals surface area (Å²) in [6.07, 6.45) is 19.3. The standard InChI is InChI=1S/C23H35N/c1-7-9-21-12-10-17(3)20(6)23(15-13-21)22-14-11-19(5)24(16-22)18(4)8-2/h8,11,13-17,19,21H,7,9-10,12H2,1-6H3/b15-13?,18-8-,23-20?. The molecule has 0 aromatic rings. The molecule has 132 valence electrons. The van der Waals surface area contributed by atoms with Gasteiger partial charge in [0.25, 0.3) is 0 Å². The van der Waals surface area contributed by atoms with Crippen molar-refractivity contribution in [3.8, 4) is 0 Å². The molecule has 1 heteroatoms. The van der Waals surface area contributed by atoms with Crippen LogP contribution in [-0.2, 0) is 0 Å². The van der Waals surface area contributed by atoms with Crippen LogP contribution < -0.4 is 0 Å². The van der Waals surface area contributed by atoms with E-state index in [2.05, 4.69) is 83.0 Å². The third kappa shape index (κ3) is 4.32. The van der Waals surface area contributed by atoms with Gasteiger partial charge in [0.05, 0.1) is 0 Å². The molecule has 0 aromatic heterocycles. The number of rotatable bonds is 4. The van der Waals surface area contributed by atoms with Crippen molar-refractivity contribution in [2.75, 3.05) is 0 Å². The maximum atomic E-state index is 2.47. The van der Waals surface area contributed by atoms with Gasteiger partial charge in [-0.25, -0.2) is 0 Å². The van der Waals surface area contributed by atoms with E-state index in [-0.39, 0.29) is 0 Å². The van der Waals surface area contributed by atoms with E-state index in [9.17, 15) is 0 Å². The van der Waals surface area contributed by atoms with E-state index >= 15 is 0 Å². The van der Waals surface area contributed by atoms with Crippen LogP contribution in [0.5, 0.6) is 0 Å². The van der Waals surface area contributed by atoms with Gasteiger partial charge in [0, 0.05) is 17.9 Å². The zero-order valence-electron chi connectivity index (χ0n) is 16.5. The van der Waals surface area contributed by atoms with Crippen LogP contribution in [0.1, 0.15) is 67.2 Å². The van der Waals surface area contributed by atoms with E-state index in [1.807, 2.05) is 0 Å². The quantitative estimate of drug-likeness (QED) is 0.551. The largest absolute Gasteiger partial charge is 0.345 e. The summed E-state index contributed by atoms with van der Waals surface area (Å²) in [6.45, 7) is 13.6. The highest BCUT2D eigenvalue weighted by molar-refractivity contribution is 5.51. The molecule has 1 heterocycles. The van der Waals surface area contributed by atoms with Gasteiger partial charge in [-0.1, -0.05) is 56.2 Å². The fourth-order valence-electron chi connectivity index (χ4n) is 3.72. The van der Waals surface area contributed by atoms with Crippen molar-refractivity contribution in [1.82, 2.24) is 4.90 Å². The summed E-state index contributed by atoms with van der Waals surface area (Å²) in [5.74, 6) is 1.40. The highest BCUT2D eigenvalue weighted by Crippen LogP contribution is 2.33. The van der Waals surface area contributed by atoms with Gasteiger partial charge in [0.1, 0.15) is 0 Å². The van der Waals surface area contributed by atoms with Gasteiger partial charge in [0.2, 0.25) is 0 Å². The van der Waals surface area contributed by atoms with Crippen molar-refractivity contribution in [3.63, 3.8) is 0 Å². The normalized spacial score (nSPS) is 28.8. The third-order valence-corrected chi connectivity index (χ3v) is 5.74. The molecule has 0 saturated heterocycles. The van der Waals surface area contributed by atoms with Crippen LogP contribution in [-0.4, -0.2) is 10.9 Å². The Morgan fingerprint density at radius 1 is 1.21 bits per heavy atom. The predicted molar refractivity (Wildman–Crippen MR) is 107 cm³/mol. The fraction of sp³-hybridized carbons (Fsp3) is 0.565. The van der Waals surface area contributed by atoms with Crippen LogP contribution in [0.2, 0.25) is 0 Å². The van der Waals surface area contributed by atoms with Crippen molar-refractivity contribution in [2.45, 2.75) is 73.3 Å². The molecule has 3 unspecified atom stereocenters. The summed E-state index contributed by atoms with van der Waals surface area (Å²) in [6, 6.07) is 0.425. The highest BCUT2D eigenvalue weighted by atomic mass is 15.1. The van der Waals surface area contributed by atoms with Gasteiger partial charge in [-0.05, 0) is 69.9 Å². The second kappa shape index (κ2) is 8.55. The summed E-state index contributed by atoms with van der Waals surface area (Å²) >= 11 is 0. The second-order valence-corrected chi connectivity index (χ2v) is 7.50. The molecular weight excluding hydrogens is 290 g/mol. The predicted octanol–water partition coefficient (Wildman–Crippen LogP) is 6.77. The molecule has 0 spiro atoms. The SMILES string of the molecule is C/C=C(/C)N1C=C(C2=C(C)C(C)CCC(CCC)C=C2)C=CC1C. The first-order valence-electron chi connectivity index (χ1n) is 9.68. The molecule has 0 radical (unpaired) electrons. The summed E-state index contributed by atoms with van der Waals surface area (Å²) in [5, 5.41) is 0. The van der Waals surface area contributed by atoms with E-state index in [4.69, 9.17) is 0 Å². The van der Waals surface area contributed by atoms with Gasteiger partial charge in [-0.3, -0.25) is 0 Å². The van der Waals surface area contributed by atoms with Gasteiger partial charge >= 0.3 is 0 Å². The topological polar surface area (TPSA) is 3.24 Å². The van der Waals surface area contributed by atoms with Crippen LogP contribution in [0.25, 0.3) is 0 Å². The van der Waals surface area contributed by atoms with Crippen molar-refractivity contribution in [1.29, 1.82) is 0 Å². The number of allylic oxidation sites excluding steroid dienone is 8. The van der Waals surface area contributed by atoms with Crippen molar-refractivity contribution in [3.05, 3.63) is 59.0 Å². The number of hydrogen-bond donors (Lipinski definition) is 0. The van der Waals surface area contributed by atoms with Crippen molar-refractivity contribution >= 4 is 0 Å². The molecule has 0 fully saturated rings. The minimum Gasteiger partial charge on any atom is -0.345 e. The summed E-state index contributed by atoms with van der Waals surface area (Å²) in [5.41, 5.74) is 5.63. The van der Waals surface area contributed by atoms with Gasteiger partial charge in [-0.15, -0.1) is 0 Å². The Morgan fingerprint density at radius 2 is 1.96 bits per heavy atom. The average Bonchev–Trinajstić information content (AvgIpc) is 2.58. The molecule has 2 aliphatic rings. The van der Waals surface area contributed by atoms with Crippen LogP contribution in [0, 0.1) is 11.8 Å². The third-order valence-electron chi connectivity index (χ3n) is 5.74. The monoisotopic (exact) mass is 325 g/mol. The molecular formula is C23H35N. The van der Waals surface area contributed by atoms with Gasteiger partial charge < -0.3 is 4.90 Å². The second-order valence-electron chi connectivity index (χ2n) is 7.50. The maximum absolute atomic E-state index is 2.47. The molecule has 0 N–H and O–H groups in total. The zero-order chi connectivity index (χ0) is 17.7. The minimum absolute atomic E-state index is 0.425. The first-order chi connectivity index (χ1) is 11.5. The van der Waals surface area contributed by atoms with E-state index < -0.39 is 0 Å². The Balaban J connectivity index is 2.39. The van der Waals surface area contributed by atoms with E-state index in [0.717, 1.165) is 5.92 Å². The molecule has 0 bridgehead atoms. The molecule has 3 atom stereocenters. The number of nitrogens with zero attached hydrogens (tertiary/aromatic N) is 1. The number of hydrogen-bond acceptors (Lipinski definition) is 1. The lowest BCUT2D eigenvalue weighted by molar-refractivity contribution is 0.408. The summed E-state index contributed by atoms with van der Waals surface area (Å²) in [7, 11) is 0. The average molecular weight is 326 g/mol. The molecule has 0 aromatic carbocycles. The lowest BCUT2D eigenvalue weighted by atomic mass is 9.82. The van der Waals surface area contributed by atoms with Gasteiger partial charge in [-0.2, -0.15) is 0 Å². The Labute approximate surface area is 149 Å². The molecule has 24 heavy (non-hydrogen) atoms. The van der Waals surface area contributed by atoms with Crippen LogP contribution >= 0.6 is 0 Å². The lowest BCUT2D eigenvalue weighted by Gasteiger charge is -2.31. The summed E-state index contributed by atoms with van der Waals surface area (Å²) < 4.78 is 0. The molecule has 1 aliphatic heterocycles. The van der Waals surface area contributed by atoms with E-state index in [1.54, 1.807) is 0 Å². The van der Waals surface area contributed by atoms with Crippen LogP contribution in [0.3, 0.4) is 0 Å². The summed E-state index contributed by atoms with van der Waals surface area (Å²) in [4.78, 5) is 2.39. The Morgan fingerprint density at radius 3 is 2.62 bits per heavy atom. The molecule has 2 rings (SSSR count). The lowest BCUT2D eigenvalue weighted by Crippen LogP contribution is -2.27. The minimum atomic E-state index is 0.425. The smallest absolute Gasteiger partial charge is 0.0488 e. The van der Waals surface area contributed by atoms with Crippen LogP contribution in [0.15, 0.2) is 59.0 Å². The fourth-order valence-corrected chi connectivity index (χ4v) is 3.72. The zero-order valence-corrected chi connectivity index (χ0v) is 16.5. The molecule has 0 amide bonds. The van der Waals surface area contributed by atoms with Crippen molar-refractivity contribution in [2.24, 2.45) is 11.8 Å². The van der Waals surface area contributed by atoms with Crippen LogP contribution in [0.4, 0.5) is 0 Å². The van der Waals surface area contributed by atoms with Crippen molar-refractivity contribution < 1.29 is 0 Å². The van der Waals surface area contributed by atoms with E-state index in [0.29, 0.717) is 12.0 Å². The Bertz CT molecular complexity index is 585. The first-order valence-corrected chi connectivity index (χ1v) is 9.68. The molecule has 1 aliphatic carbocycles.